The van der Waals surface area contributed by atoms with Gasteiger partial charge in [0.1, 0.15) is 0 Å². The molecule has 0 saturated carbocycles. The molecule has 0 fully saturated rings. The molecule has 3 aromatic rings. The molecular weight excluding hydrogens is 268 g/mol. The van der Waals surface area contributed by atoms with Crippen LogP contribution in [0.1, 0.15) is 30.4 Å². The third-order valence-electron chi connectivity index (χ3n) is 3.19. The molecule has 0 saturated heterocycles. The van der Waals surface area contributed by atoms with Crippen molar-refractivity contribution in [2.75, 3.05) is 11.1 Å². The number of fused-ring (bicyclic) bond motifs is 1. The summed E-state index contributed by atoms with van der Waals surface area (Å²) in [5.41, 5.74) is 8.06. The first-order valence-corrected chi connectivity index (χ1v) is 6.63. The highest BCUT2D eigenvalue weighted by Crippen LogP contribution is 2.20. The number of hydrogen-bond acceptors (Lipinski definition) is 4. The molecule has 0 aliphatic heterocycles. The lowest BCUT2D eigenvalue weighted by Crippen LogP contribution is -2.12. The van der Waals surface area contributed by atoms with E-state index < -0.39 is 0 Å². The molecule has 7 nitrogen and oxygen atoms in total. The van der Waals surface area contributed by atoms with Crippen LogP contribution in [0.2, 0.25) is 0 Å². The third kappa shape index (κ3) is 2.45. The van der Waals surface area contributed by atoms with Crippen LogP contribution in [0.3, 0.4) is 0 Å². The van der Waals surface area contributed by atoms with Crippen LogP contribution in [-0.2, 0) is 0 Å². The maximum Gasteiger partial charge on any atom is 0.276 e. The Morgan fingerprint density at radius 1 is 1.43 bits per heavy atom. The van der Waals surface area contributed by atoms with Gasteiger partial charge in [0.2, 0.25) is 0 Å². The predicted molar refractivity (Wildman–Crippen MR) is 81.1 cm³/mol. The molecule has 1 aromatic carbocycles. The standard InChI is InChI=1S/C14H16N6O/c1-8(2)20-7-10(6-16-20)17-14(21)13-11-5-9(15)3-4-12(11)18-19-13/h3-8H,15H2,1-2H3,(H,17,21)(H,18,19). The zero-order valence-corrected chi connectivity index (χ0v) is 11.8. The first kappa shape index (κ1) is 13.2. The number of nitrogens with one attached hydrogen (secondary N) is 2. The van der Waals surface area contributed by atoms with Gasteiger partial charge < -0.3 is 11.1 Å². The fourth-order valence-electron chi connectivity index (χ4n) is 2.08. The average molecular weight is 284 g/mol. The summed E-state index contributed by atoms with van der Waals surface area (Å²) in [6, 6.07) is 5.52. The number of anilines is 2. The largest absolute Gasteiger partial charge is 0.399 e. The van der Waals surface area contributed by atoms with E-state index in [2.05, 4.69) is 20.6 Å². The number of rotatable bonds is 3. The van der Waals surface area contributed by atoms with Gasteiger partial charge in [-0.15, -0.1) is 0 Å². The topological polar surface area (TPSA) is 102 Å². The van der Waals surface area contributed by atoms with E-state index in [1.807, 2.05) is 13.8 Å². The minimum atomic E-state index is -0.296. The molecule has 0 spiro atoms. The van der Waals surface area contributed by atoms with Crippen molar-refractivity contribution < 1.29 is 4.79 Å². The van der Waals surface area contributed by atoms with E-state index in [0.717, 1.165) is 5.52 Å². The highest BCUT2D eigenvalue weighted by Gasteiger charge is 2.15. The molecule has 2 heterocycles. The summed E-state index contributed by atoms with van der Waals surface area (Å²) in [5.74, 6) is -0.296. The van der Waals surface area contributed by atoms with Gasteiger partial charge >= 0.3 is 0 Å². The highest BCUT2D eigenvalue weighted by atomic mass is 16.2. The smallest absolute Gasteiger partial charge is 0.276 e. The normalized spacial score (nSPS) is 11.2. The summed E-state index contributed by atoms with van der Waals surface area (Å²) in [7, 11) is 0. The Morgan fingerprint density at radius 2 is 2.24 bits per heavy atom. The van der Waals surface area contributed by atoms with Crippen LogP contribution in [0.5, 0.6) is 0 Å². The van der Waals surface area contributed by atoms with E-state index in [-0.39, 0.29) is 11.9 Å². The van der Waals surface area contributed by atoms with E-state index in [1.165, 1.54) is 0 Å². The van der Waals surface area contributed by atoms with Gasteiger partial charge in [0, 0.05) is 23.3 Å². The molecule has 7 heteroatoms. The van der Waals surface area contributed by atoms with E-state index in [9.17, 15) is 4.79 Å². The van der Waals surface area contributed by atoms with Crippen molar-refractivity contribution in [3.8, 4) is 0 Å². The molecule has 0 aliphatic carbocycles. The second-order valence-electron chi connectivity index (χ2n) is 5.13. The summed E-state index contributed by atoms with van der Waals surface area (Å²) in [5, 5.41) is 14.5. The molecule has 3 rings (SSSR count). The lowest BCUT2D eigenvalue weighted by Gasteiger charge is -2.03. The minimum absolute atomic E-state index is 0.238. The third-order valence-corrected chi connectivity index (χ3v) is 3.19. The van der Waals surface area contributed by atoms with Crippen LogP contribution in [0, 0.1) is 0 Å². The van der Waals surface area contributed by atoms with Crippen LogP contribution in [-0.4, -0.2) is 25.9 Å². The number of hydrogen-bond donors (Lipinski definition) is 3. The Kier molecular flexibility index (Phi) is 3.09. The Bertz CT molecular complexity index is 801. The lowest BCUT2D eigenvalue weighted by atomic mass is 10.2. The molecule has 1 amide bonds. The van der Waals surface area contributed by atoms with Crippen LogP contribution in [0.25, 0.3) is 10.9 Å². The number of aromatic amines is 1. The van der Waals surface area contributed by atoms with Crippen molar-refractivity contribution in [1.82, 2.24) is 20.0 Å². The molecule has 0 bridgehead atoms. The quantitative estimate of drug-likeness (QED) is 0.641. The summed E-state index contributed by atoms with van der Waals surface area (Å²) in [6.07, 6.45) is 3.40. The number of amides is 1. The number of H-pyrrole nitrogens is 1. The lowest BCUT2D eigenvalue weighted by molar-refractivity contribution is 0.102. The summed E-state index contributed by atoms with van der Waals surface area (Å²) < 4.78 is 1.77. The SMILES string of the molecule is CC(C)n1cc(NC(=O)c2n[nH]c3ccc(N)cc23)cn1. The number of nitrogen functional groups attached to an aromatic ring is 1. The van der Waals surface area contributed by atoms with Crippen LogP contribution in [0.15, 0.2) is 30.6 Å². The molecule has 108 valence electrons. The molecular formula is C14H16N6O. The maximum atomic E-state index is 12.3. The van der Waals surface area contributed by atoms with Crippen molar-refractivity contribution >= 4 is 28.2 Å². The van der Waals surface area contributed by atoms with Crippen LogP contribution < -0.4 is 11.1 Å². The van der Waals surface area contributed by atoms with Crippen molar-refractivity contribution in [3.05, 3.63) is 36.3 Å². The Morgan fingerprint density at radius 3 is 2.95 bits per heavy atom. The van der Waals surface area contributed by atoms with Gasteiger partial charge in [-0.2, -0.15) is 10.2 Å². The van der Waals surface area contributed by atoms with Gasteiger partial charge in [0.25, 0.3) is 5.91 Å². The summed E-state index contributed by atoms with van der Waals surface area (Å²) in [4.78, 5) is 12.3. The zero-order chi connectivity index (χ0) is 15.0. The van der Waals surface area contributed by atoms with Crippen molar-refractivity contribution in [2.45, 2.75) is 19.9 Å². The predicted octanol–water partition coefficient (Wildman–Crippen LogP) is 2.17. The second kappa shape index (κ2) is 4.93. The summed E-state index contributed by atoms with van der Waals surface area (Å²) in [6.45, 7) is 4.03. The molecule has 0 radical (unpaired) electrons. The van der Waals surface area contributed by atoms with Crippen LogP contribution >= 0.6 is 0 Å². The first-order valence-electron chi connectivity index (χ1n) is 6.63. The van der Waals surface area contributed by atoms with E-state index in [0.29, 0.717) is 22.5 Å². The minimum Gasteiger partial charge on any atom is -0.399 e. The number of benzene rings is 1. The maximum absolute atomic E-state index is 12.3. The highest BCUT2D eigenvalue weighted by molar-refractivity contribution is 6.11. The number of carbonyl (C=O) groups is 1. The van der Waals surface area contributed by atoms with Crippen molar-refractivity contribution in [1.29, 1.82) is 0 Å². The molecule has 0 aliphatic rings. The van der Waals surface area contributed by atoms with E-state index >= 15 is 0 Å². The van der Waals surface area contributed by atoms with Gasteiger partial charge in [-0.1, -0.05) is 0 Å². The number of nitrogens with zero attached hydrogens (tertiary/aromatic N) is 3. The molecule has 21 heavy (non-hydrogen) atoms. The molecule has 2 aromatic heterocycles. The number of aromatic nitrogens is 4. The second-order valence-corrected chi connectivity index (χ2v) is 5.13. The monoisotopic (exact) mass is 284 g/mol. The number of carbonyl (C=O) groups excluding carboxylic acids is 1. The van der Waals surface area contributed by atoms with E-state index in [4.69, 9.17) is 5.73 Å². The Balaban J connectivity index is 1.88. The zero-order valence-electron chi connectivity index (χ0n) is 11.8. The molecule has 0 unspecified atom stereocenters. The Labute approximate surface area is 121 Å². The molecule has 0 atom stereocenters. The van der Waals surface area contributed by atoms with E-state index in [1.54, 1.807) is 35.3 Å². The van der Waals surface area contributed by atoms with Gasteiger partial charge in [0.05, 0.1) is 17.4 Å². The summed E-state index contributed by atoms with van der Waals surface area (Å²) >= 11 is 0. The fourth-order valence-corrected chi connectivity index (χ4v) is 2.08. The van der Waals surface area contributed by atoms with Gasteiger partial charge in [0.15, 0.2) is 5.69 Å². The Hall–Kier alpha value is -2.83. The van der Waals surface area contributed by atoms with Gasteiger partial charge in [-0.05, 0) is 32.0 Å². The van der Waals surface area contributed by atoms with Gasteiger partial charge in [-0.3, -0.25) is 14.6 Å². The van der Waals surface area contributed by atoms with Crippen molar-refractivity contribution in [2.24, 2.45) is 0 Å². The molecule has 4 N–H and O–H groups in total. The fraction of sp³-hybridized carbons (Fsp3) is 0.214. The first-order chi connectivity index (χ1) is 10.0. The average Bonchev–Trinajstić information content (AvgIpc) is 3.04. The number of nitrogens with two attached hydrogens (primary N) is 1. The van der Waals surface area contributed by atoms with Crippen LogP contribution in [0.4, 0.5) is 11.4 Å². The van der Waals surface area contributed by atoms with Gasteiger partial charge in [-0.25, -0.2) is 0 Å². The van der Waals surface area contributed by atoms with Crippen molar-refractivity contribution in [3.63, 3.8) is 0 Å².